The molecule has 0 heterocycles. The molecule has 2 atom stereocenters. The molecule has 0 saturated heterocycles. The highest BCUT2D eigenvalue weighted by atomic mass is 16.4. The highest BCUT2D eigenvalue weighted by Gasteiger charge is 2.12. The number of nitrogens with one attached hydrogen (secondary N) is 2. The van der Waals surface area contributed by atoms with E-state index < -0.39 is 11.9 Å². The summed E-state index contributed by atoms with van der Waals surface area (Å²) in [7, 11) is 0. The minimum atomic E-state index is -0.846. The highest BCUT2D eigenvalue weighted by Crippen LogP contribution is 2.00. The van der Waals surface area contributed by atoms with Crippen molar-refractivity contribution >= 4 is 17.9 Å². The van der Waals surface area contributed by atoms with Crippen LogP contribution in [0.5, 0.6) is 0 Å². The zero-order valence-corrected chi connectivity index (χ0v) is 10.7. The molecule has 0 spiro atoms. The van der Waals surface area contributed by atoms with Crippen molar-refractivity contribution in [2.24, 2.45) is 5.73 Å². The first kappa shape index (κ1) is 16.2. The summed E-state index contributed by atoms with van der Waals surface area (Å²) in [6, 6.07) is -0.828. The summed E-state index contributed by atoms with van der Waals surface area (Å²) in [5, 5.41) is 13.7. The molecule has 0 rings (SSSR count). The molecule has 0 bridgehead atoms. The van der Waals surface area contributed by atoms with Crippen LogP contribution in [0.4, 0.5) is 4.79 Å². The molecule has 7 nitrogen and oxygen atoms in total. The van der Waals surface area contributed by atoms with Gasteiger partial charge in [0.25, 0.3) is 0 Å². The van der Waals surface area contributed by atoms with Gasteiger partial charge in [-0.1, -0.05) is 0 Å². The van der Waals surface area contributed by atoms with Crippen LogP contribution >= 0.6 is 0 Å². The predicted octanol–water partition coefficient (Wildman–Crippen LogP) is 0.193. The van der Waals surface area contributed by atoms with Crippen molar-refractivity contribution in [3.05, 3.63) is 0 Å². The Kier molecular flexibility index (Phi) is 7.50. The van der Waals surface area contributed by atoms with E-state index in [-0.39, 0.29) is 31.0 Å². The van der Waals surface area contributed by atoms with Crippen LogP contribution in [-0.4, -0.2) is 35.1 Å². The zero-order valence-electron chi connectivity index (χ0n) is 10.7. The number of carbonyl (C=O) groups is 3. The van der Waals surface area contributed by atoms with Gasteiger partial charge in [0.1, 0.15) is 0 Å². The van der Waals surface area contributed by atoms with Crippen LogP contribution in [-0.2, 0) is 9.59 Å². The minimum Gasteiger partial charge on any atom is -0.481 e. The molecule has 0 aliphatic rings. The van der Waals surface area contributed by atoms with Crippen molar-refractivity contribution < 1.29 is 19.5 Å². The normalized spacial score (nSPS) is 13.4. The van der Waals surface area contributed by atoms with Gasteiger partial charge in [-0.3, -0.25) is 9.59 Å². The molecule has 0 radical (unpaired) electrons. The Morgan fingerprint density at radius 1 is 1.17 bits per heavy atom. The monoisotopic (exact) mass is 259 g/mol. The molecule has 0 saturated carbocycles. The molecule has 0 aromatic rings. The van der Waals surface area contributed by atoms with E-state index in [1.54, 1.807) is 13.8 Å². The number of hydrogen-bond donors (Lipinski definition) is 4. The van der Waals surface area contributed by atoms with Crippen molar-refractivity contribution in [2.75, 3.05) is 0 Å². The lowest BCUT2D eigenvalue weighted by atomic mass is 10.1. The summed E-state index contributed by atoms with van der Waals surface area (Å²) in [5.41, 5.74) is 5.00. The van der Waals surface area contributed by atoms with Gasteiger partial charge < -0.3 is 21.5 Å². The number of nitrogens with two attached hydrogens (primary N) is 1. The van der Waals surface area contributed by atoms with E-state index >= 15 is 0 Å². The van der Waals surface area contributed by atoms with E-state index in [9.17, 15) is 14.4 Å². The Balaban J connectivity index is 3.79. The Hall–Kier alpha value is -1.79. The van der Waals surface area contributed by atoms with Gasteiger partial charge in [-0.25, -0.2) is 4.79 Å². The minimum absolute atomic E-state index is 0.0841. The third-order valence-electron chi connectivity index (χ3n) is 2.29. The fraction of sp³-hybridized carbons (Fsp3) is 0.727. The van der Waals surface area contributed by atoms with Gasteiger partial charge in [0, 0.05) is 24.9 Å². The lowest BCUT2D eigenvalue weighted by molar-refractivity contribution is -0.137. The van der Waals surface area contributed by atoms with Gasteiger partial charge in [-0.15, -0.1) is 0 Å². The molecule has 0 aromatic heterocycles. The number of primary amides is 1. The summed E-state index contributed by atoms with van der Waals surface area (Å²) in [6.07, 6.45) is 1.27. The number of urea groups is 1. The SMILES string of the molecule is CC(CCCC(=O)O)NC(=O)NC(C)CC(N)=O. The van der Waals surface area contributed by atoms with Gasteiger partial charge in [-0.2, -0.15) is 0 Å². The van der Waals surface area contributed by atoms with Gasteiger partial charge in [0.05, 0.1) is 0 Å². The van der Waals surface area contributed by atoms with E-state index in [1.807, 2.05) is 0 Å². The second-order valence-electron chi connectivity index (χ2n) is 4.38. The second-order valence-corrected chi connectivity index (χ2v) is 4.38. The van der Waals surface area contributed by atoms with Crippen LogP contribution in [0.2, 0.25) is 0 Å². The van der Waals surface area contributed by atoms with Gasteiger partial charge in [-0.05, 0) is 26.7 Å². The number of amides is 3. The average molecular weight is 259 g/mol. The van der Waals surface area contributed by atoms with Crippen LogP contribution in [0.15, 0.2) is 0 Å². The van der Waals surface area contributed by atoms with E-state index in [0.717, 1.165) is 0 Å². The summed E-state index contributed by atoms with van der Waals surface area (Å²) >= 11 is 0. The lowest BCUT2D eigenvalue weighted by Crippen LogP contribution is -2.45. The van der Waals surface area contributed by atoms with Crippen molar-refractivity contribution in [2.45, 2.75) is 51.6 Å². The van der Waals surface area contributed by atoms with E-state index in [1.165, 1.54) is 0 Å². The fourth-order valence-electron chi connectivity index (χ4n) is 1.47. The van der Waals surface area contributed by atoms with Crippen LogP contribution in [0.3, 0.4) is 0 Å². The summed E-state index contributed by atoms with van der Waals surface area (Å²) < 4.78 is 0. The first-order chi connectivity index (χ1) is 8.31. The van der Waals surface area contributed by atoms with E-state index in [0.29, 0.717) is 12.8 Å². The molecule has 18 heavy (non-hydrogen) atoms. The van der Waals surface area contributed by atoms with Crippen LogP contribution < -0.4 is 16.4 Å². The maximum atomic E-state index is 11.5. The molecule has 3 amide bonds. The summed E-state index contributed by atoms with van der Waals surface area (Å²) in [5.74, 6) is -1.32. The smallest absolute Gasteiger partial charge is 0.315 e. The van der Waals surface area contributed by atoms with Crippen molar-refractivity contribution in [1.82, 2.24) is 10.6 Å². The number of hydrogen-bond acceptors (Lipinski definition) is 3. The Morgan fingerprint density at radius 3 is 2.22 bits per heavy atom. The Bertz CT molecular complexity index is 307. The van der Waals surface area contributed by atoms with Gasteiger partial charge in [0.2, 0.25) is 5.91 Å². The van der Waals surface area contributed by atoms with E-state index in [2.05, 4.69) is 10.6 Å². The van der Waals surface area contributed by atoms with Gasteiger partial charge in [0.15, 0.2) is 0 Å². The quantitative estimate of drug-likeness (QED) is 0.497. The third-order valence-corrected chi connectivity index (χ3v) is 2.29. The maximum Gasteiger partial charge on any atom is 0.315 e. The molecular formula is C11H21N3O4. The molecular weight excluding hydrogens is 238 g/mol. The topological polar surface area (TPSA) is 122 Å². The predicted molar refractivity (Wildman–Crippen MR) is 65.9 cm³/mol. The molecule has 0 aliphatic carbocycles. The summed E-state index contributed by atoms with van der Waals surface area (Å²) in [4.78, 5) is 32.4. The fourth-order valence-corrected chi connectivity index (χ4v) is 1.47. The first-order valence-corrected chi connectivity index (χ1v) is 5.88. The average Bonchev–Trinajstić information content (AvgIpc) is 2.14. The standard InChI is InChI=1S/C11H21N3O4/c1-7(4-3-5-10(16)17)13-11(18)14-8(2)6-9(12)15/h7-8H,3-6H2,1-2H3,(H2,12,15)(H,16,17)(H2,13,14,18). The zero-order chi connectivity index (χ0) is 14.1. The lowest BCUT2D eigenvalue weighted by Gasteiger charge is -2.17. The first-order valence-electron chi connectivity index (χ1n) is 5.88. The molecule has 0 aromatic carbocycles. The summed E-state index contributed by atoms with van der Waals surface area (Å²) in [6.45, 7) is 3.47. The number of carbonyl (C=O) groups excluding carboxylic acids is 2. The Labute approximate surface area is 106 Å². The number of carboxylic acid groups (broad SMARTS) is 1. The molecule has 2 unspecified atom stereocenters. The molecule has 7 heteroatoms. The van der Waals surface area contributed by atoms with Crippen LogP contribution in [0.25, 0.3) is 0 Å². The molecule has 104 valence electrons. The van der Waals surface area contributed by atoms with Crippen LogP contribution in [0.1, 0.15) is 39.5 Å². The number of carboxylic acids is 1. The maximum absolute atomic E-state index is 11.5. The highest BCUT2D eigenvalue weighted by molar-refractivity contribution is 5.77. The second kappa shape index (κ2) is 8.32. The number of rotatable bonds is 8. The number of aliphatic carboxylic acids is 1. The molecule has 0 fully saturated rings. The molecule has 0 aliphatic heterocycles. The van der Waals surface area contributed by atoms with Crippen molar-refractivity contribution in [3.63, 3.8) is 0 Å². The molecule has 5 N–H and O–H groups in total. The third kappa shape index (κ3) is 9.44. The van der Waals surface area contributed by atoms with Crippen LogP contribution in [0, 0.1) is 0 Å². The van der Waals surface area contributed by atoms with Crippen molar-refractivity contribution in [3.8, 4) is 0 Å². The largest absolute Gasteiger partial charge is 0.481 e. The van der Waals surface area contributed by atoms with E-state index in [4.69, 9.17) is 10.8 Å². The van der Waals surface area contributed by atoms with Crippen molar-refractivity contribution in [1.29, 1.82) is 0 Å². The van der Waals surface area contributed by atoms with Gasteiger partial charge >= 0.3 is 12.0 Å². The Morgan fingerprint density at radius 2 is 1.72 bits per heavy atom.